The Morgan fingerprint density at radius 3 is 2.12 bits per heavy atom. The fraction of sp³-hybridized carbons (Fsp3) is 0.381. The largest absolute Gasteiger partial charge is 0.465 e. The fourth-order valence-corrected chi connectivity index (χ4v) is 2.76. The van der Waals surface area contributed by atoms with E-state index in [9.17, 15) is 4.79 Å². The number of likely N-dealkylation sites (N-methyl/N-ethyl adjacent to an activating group) is 1. The van der Waals surface area contributed by atoms with Gasteiger partial charge in [-0.05, 0) is 36.3 Å². The molecule has 2 aromatic rings. The van der Waals surface area contributed by atoms with Crippen LogP contribution >= 0.6 is 0 Å². The first-order valence-corrected chi connectivity index (χ1v) is 8.76. The van der Waals surface area contributed by atoms with E-state index >= 15 is 0 Å². The second-order valence-electron chi connectivity index (χ2n) is 5.80. The molecule has 4 heteroatoms. The number of carbonyl (C=O) groups is 1. The molecule has 0 aliphatic heterocycles. The van der Waals surface area contributed by atoms with Crippen LogP contribution in [0, 0.1) is 0 Å². The van der Waals surface area contributed by atoms with Crippen LogP contribution in [0.15, 0.2) is 54.6 Å². The van der Waals surface area contributed by atoms with Gasteiger partial charge >= 0.3 is 5.97 Å². The molecule has 0 bridgehead atoms. The van der Waals surface area contributed by atoms with Crippen LogP contribution in [0.3, 0.4) is 0 Å². The lowest BCUT2D eigenvalue weighted by Crippen LogP contribution is -2.27. The van der Waals surface area contributed by atoms with Crippen molar-refractivity contribution in [2.75, 3.05) is 33.4 Å². The molecule has 0 aliphatic carbocycles. The first kappa shape index (κ1) is 19.2. The lowest BCUT2D eigenvalue weighted by atomic mass is 10.00. The van der Waals surface area contributed by atoms with Crippen LogP contribution in [0.2, 0.25) is 0 Å². The van der Waals surface area contributed by atoms with E-state index in [1.54, 1.807) is 12.1 Å². The summed E-state index contributed by atoms with van der Waals surface area (Å²) in [7, 11) is 1.39. The monoisotopic (exact) mass is 341 g/mol. The molecule has 2 rings (SSSR count). The van der Waals surface area contributed by atoms with E-state index in [0.29, 0.717) is 12.2 Å². The number of methoxy groups -OCH3 is 1. The molecule has 0 radical (unpaired) electrons. The average molecular weight is 341 g/mol. The summed E-state index contributed by atoms with van der Waals surface area (Å²) >= 11 is 0. The maximum absolute atomic E-state index is 11.6. The molecule has 1 atom stereocenters. The molecule has 25 heavy (non-hydrogen) atoms. The summed E-state index contributed by atoms with van der Waals surface area (Å²) in [5.41, 5.74) is 2.67. The molecule has 0 aliphatic rings. The first-order chi connectivity index (χ1) is 12.2. The normalized spacial score (nSPS) is 12.2. The number of benzene rings is 2. The lowest BCUT2D eigenvalue weighted by Gasteiger charge is -2.22. The highest BCUT2D eigenvalue weighted by molar-refractivity contribution is 5.89. The maximum Gasteiger partial charge on any atom is 0.337 e. The third-order valence-electron chi connectivity index (χ3n) is 4.32. The summed E-state index contributed by atoms with van der Waals surface area (Å²) in [4.78, 5) is 14.0. The fourth-order valence-electron chi connectivity index (χ4n) is 2.76. The lowest BCUT2D eigenvalue weighted by molar-refractivity contribution is 0.0595. The highest BCUT2D eigenvalue weighted by Crippen LogP contribution is 2.26. The van der Waals surface area contributed by atoms with Gasteiger partial charge in [0.15, 0.2) is 0 Å². The standard InChI is InChI=1S/C21H27NO3/c1-4-22(5-2)15-16-25-20(17-9-7-6-8-10-17)18-11-13-19(14-12-18)21(23)24-3/h6-14,20H,4-5,15-16H2,1-3H3. The summed E-state index contributed by atoms with van der Waals surface area (Å²) < 4.78 is 11.0. The van der Waals surface area contributed by atoms with Crippen molar-refractivity contribution in [1.82, 2.24) is 4.90 Å². The van der Waals surface area contributed by atoms with Crippen LogP contribution in [0.5, 0.6) is 0 Å². The summed E-state index contributed by atoms with van der Waals surface area (Å²) in [6, 6.07) is 17.6. The molecule has 0 saturated heterocycles. The van der Waals surface area contributed by atoms with Crippen molar-refractivity contribution >= 4 is 5.97 Å². The Kier molecular flexibility index (Phi) is 7.64. The number of ether oxygens (including phenoxy) is 2. The van der Waals surface area contributed by atoms with Gasteiger partial charge in [0.25, 0.3) is 0 Å². The van der Waals surface area contributed by atoms with Crippen molar-refractivity contribution < 1.29 is 14.3 Å². The molecule has 0 fully saturated rings. The Labute approximate surface area is 150 Å². The van der Waals surface area contributed by atoms with Crippen molar-refractivity contribution in [3.05, 3.63) is 71.3 Å². The van der Waals surface area contributed by atoms with Gasteiger partial charge < -0.3 is 14.4 Å². The number of hydrogen-bond donors (Lipinski definition) is 0. The van der Waals surface area contributed by atoms with E-state index in [0.717, 1.165) is 30.8 Å². The molecule has 134 valence electrons. The first-order valence-electron chi connectivity index (χ1n) is 8.76. The smallest absolute Gasteiger partial charge is 0.337 e. The molecular weight excluding hydrogens is 314 g/mol. The van der Waals surface area contributed by atoms with Crippen LogP contribution in [-0.2, 0) is 9.47 Å². The predicted octanol–water partition coefficient (Wildman–Crippen LogP) is 3.92. The Balaban J connectivity index is 2.16. The number of carbonyl (C=O) groups excluding carboxylic acids is 1. The van der Waals surface area contributed by atoms with Gasteiger partial charge in [0, 0.05) is 6.54 Å². The second-order valence-corrected chi connectivity index (χ2v) is 5.80. The molecule has 0 saturated carbocycles. The minimum Gasteiger partial charge on any atom is -0.465 e. The van der Waals surface area contributed by atoms with E-state index in [4.69, 9.17) is 9.47 Å². The Bertz CT molecular complexity index is 636. The second kappa shape index (κ2) is 9.97. The molecule has 1 unspecified atom stereocenters. The van der Waals surface area contributed by atoms with Gasteiger partial charge in [-0.1, -0.05) is 56.3 Å². The van der Waals surface area contributed by atoms with Gasteiger partial charge in [0.1, 0.15) is 6.10 Å². The number of esters is 1. The van der Waals surface area contributed by atoms with Crippen molar-refractivity contribution in [3.63, 3.8) is 0 Å². The molecule has 4 nitrogen and oxygen atoms in total. The highest BCUT2D eigenvalue weighted by Gasteiger charge is 2.16. The van der Waals surface area contributed by atoms with Gasteiger partial charge in [-0.25, -0.2) is 4.79 Å². The Morgan fingerprint density at radius 2 is 1.56 bits per heavy atom. The van der Waals surface area contributed by atoms with E-state index in [-0.39, 0.29) is 12.1 Å². The zero-order valence-electron chi connectivity index (χ0n) is 15.3. The highest BCUT2D eigenvalue weighted by atomic mass is 16.5. The van der Waals surface area contributed by atoms with E-state index in [2.05, 4.69) is 30.9 Å². The van der Waals surface area contributed by atoms with Crippen LogP contribution in [-0.4, -0.2) is 44.2 Å². The van der Waals surface area contributed by atoms with Gasteiger partial charge in [0.05, 0.1) is 19.3 Å². The molecule has 2 aromatic carbocycles. The van der Waals surface area contributed by atoms with Crippen molar-refractivity contribution in [2.24, 2.45) is 0 Å². The van der Waals surface area contributed by atoms with Gasteiger partial charge in [-0.2, -0.15) is 0 Å². The Morgan fingerprint density at radius 1 is 0.960 bits per heavy atom. The zero-order valence-corrected chi connectivity index (χ0v) is 15.3. The molecule has 0 amide bonds. The van der Waals surface area contributed by atoms with Crippen LogP contribution in [0.1, 0.15) is 41.4 Å². The van der Waals surface area contributed by atoms with Gasteiger partial charge in [0.2, 0.25) is 0 Å². The summed E-state index contributed by atoms with van der Waals surface area (Å²) in [6.45, 7) is 7.90. The number of rotatable bonds is 9. The molecule has 0 spiro atoms. The van der Waals surface area contributed by atoms with Crippen LogP contribution in [0.4, 0.5) is 0 Å². The predicted molar refractivity (Wildman–Crippen MR) is 99.8 cm³/mol. The summed E-state index contributed by atoms with van der Waals surface area (Å²) in [5, 5.41) is 0. The number of nitrogens with zero attached hydrogens (tertiary/aromatic N) is 1. The van der Waals surface area contributed by atoms with Gasteiger partial charge in [-0.15, -0.1) is 0 Å². The van der Waals surface area contributed by atoms with Crippen molar-refractivity contribution in [2.45, 2.75) is 20.0 Å². The quantitative estimate of drug-likeness (QED) is 0.648. The van der Waals surface area contributed by atoms with E-state index in [1.807, 2.05) is 30.3 Å². The minimum absolute atomic E-state index is 0.150. The molecule has 0 heterocycles. The third-order valence-corrected chi connectivity index (χ3v) is 4.32. The number of hydrogen-bond acceptors (Lipinski definition) is 4. The average Bonchev–Trinajstić information content (AvgIpc) is 2.68. The van der Waals surface area contributed by atoms with Gasteiger partial charge in [-0.3, -0.25) is 0 Å². The Hall–Kier alpha value is -2.17. The molecule has 0 N–H and O–H groups in total. The minimum atomic E-state index is -0.328. The van der Waals surface area contributed by atoms with Crippen molar-refractivity contribution in [3.8, 4) is 0 Å². The third kappa shape index (κ3) is 5.41. The zero-order chi connectivity index (χ0) is 18.1. The topological polar surface area (TPSA) is 38.8 Å². The van der Waals surface area contributed by atoms with E-state index < -0.39 is 0 Å². The van der Waals surface area contributed by atoms with Crippen LogP contribution < -0.4 is 0 Å². The summed E-state index contributed by atoms with van der Waals surface area (Å²) in [6.07, 6.45) is -0.150. The molecule has 0 aromatic heterocycles. The van der Waals surface area contributed by atoms with E-state index in [1.165, 1.54) is 7.11 Å². The molecular formula is C21H27NO3. The maximum atomic E-state index is 11.6. The van der Waals surface area contributed by atoms with Crippen molar-refractivity contribution in [1.29, 1.82) is 0 Å². The SMILES string of the molecule is CCN(CC)CCOC(c1ccccc1)c1ccc(C(=O)OC)cc1. The summed E-state index contributed by atoms with van der Waals surface area (Å²) in [5.74, 6) is -0.328. The van der Waals surface area contributed by atoms with Crippen LogP contribution in [0.25, 0.3) is 0 Å².